The molecule has 2 aromatic heterocycles. The minimum absolute atomic E-state index is 0.160. The zero-order valence-electron chi connectivity index (χ0n) is 16.8. The number of pyridine rings is 1. The van der Waals surface area contributed by atoms with Crippen molar-refractivity contribution in [3.8, 4) is 11.3 Å². The maximum Gasteiger partial charge on any atom is 0.240 e. The van der Waals surface area contributed by atoms with E-state index in [0.29, 0.717) is 6.04 Å². The SMILES string of the molecule is Cc1ccc(S(=O)(=O)NCc2cc(-c3ccncc3)n(C3CCCC3)n2)cc1C. The number of nitrogens with zero attached hydrogens (tertiary/aromatic N) is 3. The van der Waals surface area contributed by atoms with Gasteiger partial charge in [-0.05, 0) is 68.1 Å². The largest absolute Gasteiger partial charge is 0.265 e. The first-order valence-electron chi connectivity index (χ1n) is 10.00. The summed E-state index contributed by atoms with van der Waals surface area (Å²) in [6.45, 7) is 4.04. The molecule has 0 unspecified atom stereocenters. The number of benzene rings is 1. The molecule has 4 rings (SSSR count). The zero-order chi connectivity index (χ0) is 20.4. The Morgan fingerprint density at radius 1 is 1.03 bits per heavy atom. The van der Waals surface area contributed by atoms with Crippen LogP contribution in [-0.2, 0) is 16.6 Å². The van der Waals surface area contributed by atoms with Crippen LogP contribution in [0.1, 0.15) is 48.5 Å². The standard InChI is InChI=1S/C22H26N4O2S/c1-16-7-8-21(13-17(16)2)29(27,28)24-15-19-14-22(18-9-11-23-12-10-18)26(25-19)20-5-3-4-6-20/h7-14,20,24H,3-6,15H2,1-2H3. The molecule has 0 aliphatic heterocycles. The predicted molar refractivity (Wildman–Crippen MR) is 113 cm³/mol. The summed E-state index contributed by atoms with van der Waals surface area (Å²) < 4.78 is 30.2. The number of nitrogens with one attached hydrogen (secondary N) is 1. The second-order valence-electron chi connectivity index (χ2n) is 7.71. The lowest BCUT2D eigenvalue weighted by Gasteiger charge is -2.14. The summed E-state index contributed by atoms with van der Waals surface area (Å²) in [4.78, 5) is 4.38. The van der Waals surface area contributed by atoms with E-state index in [0.717, 1.165) is 40.9 Å². The van der Waals surface area contributed by atoms with Crippen LogP contribution in [0.5, 0.6) is 0 Å². The Bertz CT molecular complexity index is 1100. The molecular weight excluding hydrogens is 384 g/mol. The third kappa shape index (κ3) is 4.26. The minimum Gasteiger partial charge on any atom is -0.265 e. The Balaban J connectivity index is 1.59. The molecule has 1 aliphatic rings. The number of aryl methyl sites for hydroxylation is 2. The van der Waals surface area contributed by atoms with Gasteiger partial charge >= 0.3 is 0 Å². The normalized spacial score (nSPS) is 15.1. The van der Waals surface area contributed by atoms with Crippen LogP contribution >= 0.6 is 0 Å². The van der Waals surface area contributed by atoms with Crippen LogP contribution in [0, 0.1) is 13.8 Å². The fourth-order valence-corrected chi connectivity index (χ4v) is 4.91. The van der Waals surface area contributed by atoms with Crippen molar-refractivity contribution in [2.24, 2.45) is 0 Å². The van der Waals surface area contributed by atoms with E-state index >= 15 is 0 Å². The van der Waals surface area contributed by atoms with E-state index in [1.54, 1.807) is 24.5 Å². The van der Waals surface area contributed by atoms with Gasteiger partial charge in [0.25, 0.3) is 0 Å². The predicted octanol–water partition coefficient (Wildman–Crippen LogP) is 4.16. The molecule has 3 aromatic rings. The highest BCUT2D eigenvalue weighted by atomic mass is 32.2. The third-order valence-electron chi connectivity index (χ3n) is 5.66. The Labute approximate surface area is 172 Å². The van der Waals surface area contributed by atoms with Crippen molar-refractivity contribution in [2.75, 3.05) is 0 Å². The van der Waals surface area contributed by atoms with Crippen LogP contribution in [0.3, 0.4) is 0 Å². The molecule has 1 saturated carbocycles. The summed E-state index contributed by atoms with van der Waals surface area (Å²) in [5, 5.41) is 4.77. The van der Waals surface area contributed by atoms with Gasteiger partial charge in [0.05, 0.1) is 28.9 Å². The molecule has 152 valence electrons. The van der Waals surface area contributed by atoms with E-state index in [2.05, 4.69) is 14.4 Å². The number of sulfonamides is 1. The van der Waals surface area contributed by atoms with Crippen molar-refractivity contribution in [1.29, 1.82) is 0 Å². The van der Waals surface area contributed by atoms with E-state index < -0.39 is 10.0 Å². The summed E-state index contributed by atoms with van der Waals surface area (Å²) in [6.07, 6.45) is 8.15. The molecule has 29 heavy (non-hydrogen) atoms. The van der Waals surface area contributed by atoms with E-state index in [-0.39, 0.29) is 11.4 Å². The molecule has 0 amide bonds. The number of aromatic nitrogens is 3. The average molecular weight is 411 g/mol. The van der Waals surface area contributed by atoms with Crippen molar-refractivity contribution in [1.82, 2.24) is 19.5 Å². The monoisotopic (exact) mass is 410 g/mol. The molecule has 0 saturated heterocycles. The molecule has 2 heterocycles. The van der Waals surface area contributed by atoms with E-state index in [1.807, 2.05) is 38.1 Å². The van der Waals surface area contributed by atoms with Crippen LogP contribution in [-0.4, -0.2) is 23.2 Å². The minimum atomic E-state index is -3.59. The molecule has 0 radical (unpaired) electrons. The van der Waals surface area contributed by atoms with Gasteiger partial charge in [0, 0.05) is 18.0 Å². The summed E-state index contributed by atoms with van der Waals surface area (Å²) in [5.74, 6) is 0. The lowest BCUT2D eigenvalue weighted by molar-refractivity contribution is 0.467. The number of hydrogen-bond donors (Lipinski definition) is 1. The summed E-state index contributed by atoms with van der Waals surface area (Å²) >= 11 is 0. The average Bonchev–Trinajstić information content (AvgIpc) is 3.39. The lowest BCUT2D eigenvalue weighted by Crippen LogP contribution is -2.23. The van der Waals surface area contributed by atoms with Crippen LogP contribution in [0.15, 0.2) is 53.7 Å². The van der Waals surface area contributed by atoms with Crippen molar-refractivity contribution in [3.05, 3.63) is 65.6 Å². The van der Waals surface area contributed by atoms with Gasteiger partial charge < -0.3 is 0 Å². The van der Waals surface area contributed by atoms with Crippen LogP contribution < -0.4 is 4.72 Å². The first kappa shape index (κ1) is 19.8. The van der Waals surface area contributed by atoms with Gasteiger partial charge in [-0.2, -0.15) is 5.10 Å². The number of rotatable bonds is 6. The van der Waals surface area contributed by atoms with E-state index in [1.165, 1.54) is 12.8 Å². The molecule has 0 atom stereocenters. The second kappa shape index (κ2) is 8.08. The van der Waals surface area contributed by atoms with Gasteiger partial charge in [-0.25, -0.2) is 13.1 Å². The highest BCUT2D eigenvalue weighted by Gasteiger charge is 2.23. The fourth-order valence-electron chi connectivity index (χ4n) is 3.83. The first-order valence-corrected chi connectivity index (χ1v) is 11.5. The Hall–Kier alpha value is -2.51. The summed E-state index contributed by atoms with van der Waals surface area (Å²) in [7, 11) is -3.59. The molecule has 0 bridgehead atoms. The second-order valence-corrected chi connectivity index (χ2v) is 9.48. The fraction of sp³-hybridized carbons (Fsp3) is 0.364. The molecule has 0 spiro atoms. The Morgan fingerprint density at radius 3 is 2.45 bits per heavy atom. The Kier molecular flexibility index (Phi) is 5.52. The van der Waals surface area contributed by atoms with Gasteiger partial charge in [0.15, 0.2) is 0 Å². The maximum absolute atomic E-state index is 12.7. The third-order valence-corrected chi connectivity index (χ3v) is 7.06. The molecule has 1 N–H and O–H groups in total. The van der Waals surface area contributed by atoms with Gasteiger partial charge in [-0.3, -0.25) is 9.67 Å². The van der Waals surface area contributed by atoms with Crippen LogP contribution in [0.25, 0.3) is 11.3 Å². The molecule has 6 nitrogen and oxygen atoms in total. The number of hydrogen-bond acceptors (Lipinski definition) is 4. The highest BCUT2D eigenvalue weighted by molar-refractivity contribution is 7.89. The topological polar surface area (TPSA) is 76.9 Å². The van der Waals surface area contributed by atoms with Gasteiger partial charge in [-0.1, -0.05) is 18.9 Å². The van der Waals surface area contributed by atoms with Gasteiger partial charge in [-0.15, -0.1) is 0 Å². The van der Waals surface area contributed by atoms with Crippen molar-refractivity contribution < 1.29 is 8.42 Å². The maximum atomic E-state index is 12.7. The molecule has 7 heteroatoms. The molecule has 1 aliphatic carbocycles. The molecular formula is C22H26N4O2S. The van der Waals surface area contributed by atoms with E-state index in [4.69, 9.17) is 5.10 Å². The first-order chi connectivity index (χ1) is 13.9. The van der Waals surface area contributed by atoms with Crippen LogP contribution in [0.4, 0.5) is 0 Å². The highest BCUT2D eigenvalue weighted by Crippen LogP contribution is 2.33. The van der Waals surface area contributed by atoms with Gasteiger partial charge in [0.1, 0.15) is 0 Å². The molecule has 1 aromatic carbocycles. The summed E-state index contributed by atoms with van der Waals surface area (Å²) in [6, 6.07) is 11.5. The van der Waals surface area contributed by atoms with E-state index in [9.17, 15) is 8.42 Å². The van der Waals surface area contributed by atoms with Crippen LogP contribution in [0.2, 0.25) is 0 Å². The Morgan fingerprint density at radius 2 is 1.76 bits per heavy atom. The summed E-state index contributed by atoms with van der Waals surface area (Å²) in [5.41, 5.74) is 4.80. The van der Waals surface area contributed by atoms with Crippen molar-refractivity contribution in [3.63, 3.8) is 0 Å². The smallest absolute Gasteiger partial charge is 0.240 e. The van der Waals surface area contributed by atoms with Crippen molar-refractivity contribution in [2.45, 2.75) is 57.0 Å². The van der Waals surface area contributed by atoms with Gasteiger partial charge in [0.2, 0.25) is 10.0 Å². The zero-order valence-corrected chi connectivity index (χ0v) is 17.6. The molecule has 1 fully saturated rings. The van der Waals surface area contributed by atoms with Crippen molar-refractivity contribution >= 4 is 10.0 Å². The quantitative estimate of drug-likeness (QED) is 0.662. The lowest BCUT2D eigenvalue weighted by atomic mass is 10.1.